The molecule has 1 rings (SSSR count). The number of methoxy groups -OCH3 is 2. The number of esters is 1. The van der Waals surface area contributed by atoms with E-state index in [0.717, 1.165) is 5.69 Å². The maximum absolute atomic E-state index is 11.2. The SMILES string of the molecule is COC(=O)/C(C)=C/CNc1cc(Cl)ccc1OC. The van der Waals surface area contributed by atoms with E-state index in [0.29, 0.717) is 22.9 Å². The molecule has 18 heavy (non-hydrogen) atoms. The highest BCUT2D eigenvalue weighted by molar-refractivity contribution is 6.30. The number of carbonyl (C=O) groups excluding carboxylic acids is 1. The van der Waals surface area contributed by atoms with E-state index in [1.807, 2.05) is 0 Å². The zero-order valence-corrected chi connectivity index (χ0v) is 11.4. The molecule has 0 radical (unpaired) electrons. The summed E-state index contributed by atoms with van der Waals surface area (Å²) in [6.07, 6.45) is 1.74. The number of rotatable bonds is 5. The number of hydrogen-bond donors (Lipinski definition) is 1. The van der Waals surface area contributed by atoms with Gasteiger partial charge in [-0.25, -0.2) is 4.79 Å². The average Bonchev–Trinajstić information content (AvgIpc) is 2.38. The minimum absolute atomic E-state index is 0.338. The van der Waals surface area contributed by atoms with Gasteiger partial charge in [-0.2, -0.15) is 0 Å². The summed E-state index contributed by atoms with van der Waals surface area (Å²) in [5.74, 6) is 0.360. The van der Waals surface area contributed by atoms with E-state index >= 15 is 0 Å². The Balaban J connectivity index is 2.69. The van der Waals surface area contributed by atoms with Gasteiger partial charge in [-0.15, -0.1) is 0 Å². The van der Waals surface area contributed by atoms with Crippen molar-refractivity contribution in [3.63, 3.8) is 0 Å². The van der Waals surface area contributed by atoms with Gasteiger partial charge >= 0.3 is 5.97 Å². The predicted octanol–water partition coefficient (Wildman–Crippen LogP) is 2.88. The molecule has 0 aliphatic heterocycles. The van der Waals surface area contributed by atoms with Crippen molar-refractivity contribution in [2.24, 2.45) is 0 Å². The minimum Gasteiger partial charge on any atom is -0.495 e. The van der Waals surface area contributed by atoms with Gasteiger partial charge in [0.2, 0.25) is 0 Å². The largest absolute Gasteiger partial charge is 0.495 e. The maximum atomic E-state index is 11.2. The summed E-state index contributed by atoms with van der Waals surface area (Å²) in [7, 11) is 2.94. The number of nitrogens with one attached hydrogen (secondary N) is 1. The Morgan fingerprint density at radius 3 is 2.78 bits per heavy atom. The molecule has 0 fully saturated rings. The lowest BCUT2D eigenvalue weighted by atomic mass is 10.2. The van der Waals surface area contributed by atoms with E-state index in [2.05, 4.69) is 10.1 Å². The molecule has 1 aromatic carbocycles. The molecule has 1 aromatic rings. The van der Waals surface area contributed by atoms with Crippen LogP contribution < -0.4 is 10.1 Å². The number of benzene rings is 1. The average molecular weight is 270 g/mol. The van der Waals surface area contributed by atoms with Crippen molar-refractivity contribution in [3.05, 3.63) is 34.9 Å². The molecule has 5 heteroatoms. The highest BCUT2D eigenvalue weighted by atomic mass is 35.5. The molecule has 4 nitrogen and oxygen atoms in total. The molecule has 0 bridgehead atoms. The first-order valence-corrected chi connectivity index (χ1v) is 5.78. The van der Waals surface area contributed by atoms with E-state index in [-0.39, 0.29) is 5.97 Å². The van der Waals surface area contributed by atoms with E-state index in [1.165, 1.54) is 7.11 Å². The Hall–Kier alpha value is -1.68. The molecule has 0 amide bonds. The molecule has 0 saturated carbocycles. The highest BCUT2D eigenvalue weighted by Gasteiger charge is 2.04. The Kier molecular flexibility index (Phi) is 5.52. The third kappa shape index (κ3) is 3.96. The summed E-state index contributed by atoms with van der Waals surface area (Å²) < 4.78 is 9.79. The van der Waals surface area contributed by atoms with Crippen LogP contribution in [0.15, 0.2) is 29.8 Å². The van der Waals surface area contributed by atoms with Crippen LogP contribution in [-0.4, -0.2) is 26.7 Å². The van der Waals surface area contributed by atoms with Gasteiger partial charge in [-0.1, -0.05) is 17.7 Å². The van der Waals surface area contributed by atoms with Crippen molar-refractivity contribution in [1.82, 2.24) is 0 Å². The second-order valence-corrected chi connectivity index (χ2v) is 4.04. The van der Waals surface area contributed by atoms with Gasteiger partial charge in [-0.3, -0.25) is 0 Å². The van der Waals surface area contributed by atoms with E-state index < -0.39 is 0 Å². The van der Waals surface area contributed by atoms with Crippen LogP contribution in [0.25, 0.3) is 0 Å². The Labute approximate surface area is 112 Å². The zero-order chi connectivity index (χ0) is 13.5. The lowest BCUT2D eigenvalue weighted by molar-refractivity contribution is -0.136. The lowest BCUT2D eigenvalue weighted by Gasteiger charge is -2.10. The third-order valence-electron chi connectivity index (χ3n) is 2.37. The standard InChI is InChI=1S/C13H16ClNO3/c1-9(13(16)18-3)6-7-15-11-8-10(14)4-5-12(11)17-2/h4-6,8,15H,7H2,1-3H3/b9-6+. The smallest absolute Gasteiger partial charge is 0.333 e. The fourth-order valence-electron chi connectivity index (χ4n) is 1.38. The van der Waals surface area contributed by atoms with Crippen LogP contribution in [0.4, 0.5) is 5.69 Å². The molecular formula is C13H16ClNO3. The van der Waals surface area contributed by atoms with Gasteiger partial charge < -0.3 is 14.8 Å². The van der Waals surface area contributed by atoms with Gasteiger partial charge in [-0.05, 0) is 25.1 Å². The number of halogens is 1. The van der Waals surface area contributed by atoms with Gasteiger partial charge in [0.25, 0.3) is 0 Å². The molecular weight excluding hydrogens is 254 g/mol. The van der Waals surface area contributed by atoms with Gasteiger partial charge in [0.1, 0.15) is 5.75 Å². The molecule has 0 aliphatic rings. The summed E-state index contributed by atoms with van der Waals surface area (Å²) >= 11 is 5.90. The second-order valence-electron chi connectivity index (χ2n) is 3.60. The number of carbonyl (C=O) groups is 1. The fourth-order valence-corrected chi connectivity index (χ4v) is 1.55. The van der Waals surface area contributed by atoms with Crippen LogP contribution in [0.5, 0.6) is 5.75 Å². The summed E-state index contributed by atoms with van der Waals surface area (Å²) in [4.78, 5) is 11.2. The van der Waals surface area contributed by atoms with Crippen molar-refractivity contribution in [3.8, 4) is 5.75 Å². The quantitative estimate of drug-likeness (QED) is 0.660. The fraction of sp³-hybridized carbons (Fsp3) is 0.308. The Morgan fingerprint density at radius 1 is 1.44 bits per heavy atom. The minimum atomic E-state index is -0.338. The topological polar surface area (TPSA) is 47.6 Å². The molecule has 0 saturated heterocycles. The molecule has 98 valence electrons. The molecule has 0 unspecified atom stereocenters. The molecule has 0 aromatic heterocycles. The molecule has 0 aliphatic carbocycles. The molecule has 1 N–H and O–H groups in total. The predicted molar refractivity (Wildman–Crippen MR) is 72.3 cm³/mol. The van der Waals surface area contributed by atoms with Crippen LogP contribution in [0.3, 0.4) is 0 Å². The van der Waals surface area contributed by atoms with Crippen LogP contribution in [0.1, 0.15) is 6.92 Å². The van der Waals surface area contributed by atoms with Crippen LogP contribution in [0, 0.1) is 0 Å². The number of anilines is 1. The van der Waals surface area contributed by atoms with Crippen molar-refractivity contribution >= 4 is 23.3 Å². The van der Waals surface area contributed by atoms with E-state index in [4.69, 9.17) is 16.3 Å². The third-order valence-corrected chi connectivity index (χ3v) is 2.60. The van der Waals surface area contributed by atoms with Crippen molar-refractivity contribution in [1.29, 1.82) is 0 Å². The van der Waals surface area contributed by atoms with Crippen LogP contribution >= 0.6 is 11.6 Å². The normalized spacial score (nSPS) is 11.0. The van der Waals surface area contributed by atoms with E-state index in [9.17, 15) is 4.79 Å². The van der Waals surface area contributed by atoms with Gasteiger partial charge in [0.05, 0.1) is 19.9 Å². The summed E-state index contributed by atoms with van der Waals surface area (Å²) in [5, 5.41) is 3.74. The number of ether oxygens (including phenoxy) is 2. The van der Waals surface area contributed by atoms with Crippen molar-refractivity contribution < 1.29 is 14.3 Å². The highest BCUT2D eigenvalue weighted by Crippen LogP contribution is 2.27. The summed E-state index contributed by atoms with van der Waals surface area (Å²) in [5.41, 5.74) is 1.32. The second kappa shape index (κ2) is 6.91. The Morgan fingerprint density at radius 2 is 2.17 bits per heavy atom. The molecule has 0 spiro atoms. The first kappa shape index (κ1) is 14.4. The van der Waals surface area contributed by atoms with Gasteiger partial charge in [0, 0.05) is 17.1 Å². The molecule has 0 heterocycles. The maximum Gasteiger partial charge on any atom is 0.333 e. The summed E-state index contributed by atoms with van der Waals surface area (Å²) in [6, 6.07) is 5.30. The van der Waals surface area contributed by atoms with E-state index in [1.54, 1.807) is 38.3 Å². The van der Waals surface area contributed by atoms with Crippen molar-refractivity contribution in [2.45, 2.75) is 6.92 Å². The first-order chi connectivity index (χ1) is 8.58. The first-order valence-electron chi connectivity index (χ1n) is 5.41. The number of hydrogen-bond acceptors (Lipinski definition) is 4. The zero-order valence-electron chi connectivity index (χ0n) is 10.6. The van der Waals surface area contributed by atoms with Crippen LogP contribution in [-0.2, 0) is 9.53 Å². The van der Waals surface area contributed by atoms with Crippen LogP contribution in [0.2, 0.25) is 5.02 Å². The molecule has 0 atom stereocenters. The summed E-state index contributed by atoms with van der Waals surface area (Å²) in [6.45, 7) is 2.18. The Bertz CT molecular complexity index is 458. The lowest BCUT2D eigenvalue weighted by Crippen LogP contribution is -2.06. The monoisotopic (exact) mass is 269 g/mol. The van der Waals surface area contributed by atoms with Gasteiger partial charge in [0.15, 0.2) is 0 Å². The van der Waals surface area contributed by atoms with Crippen molar-refractivity contribution in [2.75, 3.05) is 26.1 Å².